The molecule has 0 heterocycles. The molecular formula is C8H8ClO. The number of hydrogen-bond donors (Lipinski definition) is 0. The van der Waals surface area contributed by atoms with E-state index in [4.69, 9.17) is 16.3 Å². The van der Waals surface area contributed by atoms with Crippen molar-refractivity contribution in [2.45, 2.75) is 0 Å². The largest absolute Gasteiger partial charge is 0.495 e. The van der Waals surface area contributed by atoms with Gasteiger partial charge in [0, 0.05) is 0 Å². The second-order valence-corrected chi connectivity index (χ2v) is 2.34. The minimum absolute atomic E-state index is 0.606. The molecule has 1 nitrogen and oxygen atoms in total. The van der Waals surface area contributed by atoms with Gasteiger partial charge in [-0.1, -0.05) is 23.7 Å². The Morgan fingerprint density at radius 3 is 2.60 bits per heavy atom. The molecule has 0 fully saturated rings. The third-order valence-electron chi connectivity index (χ3n) is 1.25. The molecule has 0 aliphatic heterocycles. The molecule has 0 aliphatic carbocycles. The summed E-state index contributed by atoms with van der Waals surface area (Å²) in [6.07, 6.45) is 0. The van der Waals surface area contributed by atoms with E-state index in [1.165, 1.54) is 0 Å². The van der Waals surface area contributed by atoms with Crippen LogP contribution in [0.25, 0.3) is 0 Å². The number of halogens is 1. The number of ether oxygens (including phenoxy) is 1. The van der Waals surface area contributed by atoms with Crippen molar-refractivity contribution in [1.82, 2.24) is 0 Å². The Balaban J connectivity index is 3.17. The highest BCUT2D eigenvalue weighted by Gasteiger charge is 2.00. The second kappa shape index (κ2) is 2.93. The lowest BCUT2D eigenvalue weighted by Crippen LogP contribution is -1.86. The van der Waals surface area contributed by atoms with Crippen LogP contribution in [0.15, 0.2) is 18.2 Å². The van der Waals surface area contributed by atoms with E-state index >= 15 is 0 Å². The van der Waals surface area contributed by atoms with Gasteiger partial charge >= 0.3 is 0 Å². The molecule has 10 heavy (non-hydrogen) atoms. The third-order valence-corrected chi connectivity index (χ3v) is 1.55. The number of benzene rings is 1. The molecule has 1 radical (unpaired) electrons. The first-order valence-electron chi connectivity index (χ1n) is 2.90. The molecule has 0 bridgehead atoms. The van der Waals surface area contributed by atoms with Crippen LogP contribution in [0.5, 0.6) is 5.75 Å². The van der Waals surface area contributed by atoms with E-state index in [-0.39, 0.29) is 0 Å². The van der Waals surface area contributed by atoms with E-state index in [9.17, 15) is 0 Å². The van der Waals surface area contributed by atoms with Crippen LogP contribution in [0.3, 0.4) is 0 Å². The molecule has 0 saturated carbocycles. The fourth-order valence-corrected chi connectivity index (χ4v) is 1.05. The number of methoxy groups -OCH3 is 1. The summed E-state index contributed by atoms with van der Waals surface area (Å²) in [5.74, 6) is 0.657. The van der Waals surface area contributed by atoms with E-state index in [2.05, 4.69) is 6.92 Å². The maximum absolute atomic E-state index is 5.76. The normalized spacial score (nSPS) is 9.50. The molecule has 0 aliphatic rings. The fraction of sp³-hybridized carbons (Fsp3) is 0.125. The average Bonchev–Trinajstić information content (AvgIpc) is 1.88. The van der Waals surface area contributed by atoms with Crippen molar-refractivity contribution < 1.29 is 4.74 Å². The van der Waals surface area contributed by atoms with Crippen molar-refractivity contribution in [1.29, 1.82) is 0 Å². The van der Waals surface area contributed by atoms with Gasteiger partial charge in [-0.3, -0.25) is 0 Å². The zero-order valence-electron chi connectivity index (χ0n) is 5.73. The van der Waals surface area contributed by atoms with Gasteiger partial charge in [-0.15, -0.1) is 0 Å². The van der Waals surface area contributed by atoms with E-state index in [1.54, 1.807) is 13.2 Å². The molecule has 0 aromatic heterocycles. The van der Waals surface area contributed by atoms with Crippen LogP contribution in [-0.4, -0.2) is 7.11 Å². The molecule has 0 saturated heterocycles. The van der Waals surface area contributed by atoms with Crippen LogP contribution < -0.4 is 4.74 Å². The number of hydrogen-bond acceptors (Lipinski definition) is 1. The van der Waals surface area contributed by atoms with Crippen LogP contribution in [-0.2, 0) is 0 Å². The summed E-state index contributed by atoms with van der Waals surface area (Å²) >= 11 is 5.76. The lowest BCUT2D eigenvalue weighted by atomic mass is 10.2. The quantitative estimate of drug-likeness (QED) is 0.606. The minimum Gasteiger partial charge on any atom is -0.495 e. The summed E-state index contributed by atoms with van der Waals surface area (Å²) in [4.78, 5) is 0. The molecule has 0 unspecified atom stereocenters. The highest BCUT2D eigenvalue weighted by Crippen LogP contribution is 2.26. The van der Waals surface area contributed by atoms with Crippen molar-refractivity contribution in [3.8, 4) is 5.75 Å². The number of rotatable bonds is 1. The molecule has 0 amide bonds. The Bertz CT molecular complexity index is 212. The molecule has 0 spiro atoms. The molecule has 0 atom stereocenters. The molecule has 1 aromatic carbocycles. The van der Waals surface area contributed by atoms with E-state index in [0.717, 1.165) is 5.56 Å². The average molecular weight is 156 g/mol. The predicted octanol–water partition coefficient (Wildman–Crippen LogP) is 2.53. The van der Waals surface area contributed by atoms with Crippen LogP contribution in [0.2, 0.25) is 5.02 Å². The van der Waals surface area contributed by atoms with Gasteiger partial charge in [0.25, 0.3) is 0 Å². The lowest BCUT2D eigenvalue weighted by molar-refractivity contribution is 0.413. The first kappa shape index (κ1) is 7.42. The Kier molecular flexibility index (Phi) is 2.17. The van der Waals surface area contributed by atoms with Crippen LogP contribution in [0, 0.1) is 6.92 Å². The molecule has 2 heteroatoms. The standard InChI is InChI=1S/C8H8ClO/c1-6-4-3-5-7(9)8(6)10-2/h3-5H,1H2,2H3. The van der Waals surface area contributed by atoms with Gasteiger partial charge in [-0.2, -0.15) is 0 Å². The van der Waals surface area contributed by atoms with Gasteiger partial charge < -0.3 is 4.74 Å². The van der Waals surface area contributed by atoms with Crippen molar-refractivity contribution in [3.63, 3.8) is 0 Å². The lowest BCUT2D eigenvalue weighted by Gasteiger charge is -2.04. The van der Waals surface area contributed by atoms with Crippen molar-refractivity contribution >= 4 is 11.6 Å². The Morgan fingerprint density at radius 2 is 2.20 bits per heavy atom. The molecular weight excluding hydrogens is 148 g/mol. The zero-order valence-corrected chi connectivity index (χ0v) is 6.48. The molecule has 1 rings (SSSR count). The highest BCUT2D eigenvalue weighted by atomic mass is 35.5. The van der Waals surface area contributed by atoms with E-state index < -0.39 is 0 Å². The first-order valence-corrected chi connectivity index (χ1v) is 3.28. The Morgan fingerprint density at radius 1 is 1.50 bits per heavy atom. The molecule has 1 aromatic rings. The van der Waals surface area contributed by atoms with Gasteiger partial charge in [0.1, 0.15) is 5.75 Å². The fourth-order valence-electron chi connectivity index (χ4n) is 0.782. The Hall–Kier alpha value is -0.690. The third kappa shape index (κ3) is 1.24. The molecule has 0 N–H and O–H groups in total. The van der Waals surface area contributed by atoms with Crippen molar-refractivity contribution in [3.05, 3.63) is 35.7 Å². The number of para-hydroxylation sites is 1. The zero-order chi connectivity index (χ0) is 7.56. The topological polar surface area (TPSA) is 9.23 Å². The SMILES string of the molecule is [CH2]c1cccc(Cl)c1OC. The van der Waals surface area contributed by atoms with Gasteiger partial charge in [-0.25, -0.2) is 0 Å². The van der Waals surface area contributed by atoms with Crippen molar-refractivity contribution in [2.75, 3.05) is 7.11 Å². The monoisotopic (exact) mass is 155 g/mol. The highest BCUT2D eigenvalue weighted by molar-refractivity contribution is 6.32. The maximum atomic E-state index is 5.76. The summed E-state index contributed by atoms with van der Waals surface area (Å²) in [6.45, 7) is 3.74. The van der Waals surface area contributed by atoms with Crippen molar-refractivity contribution in [2.24, 2.45) is 0 Å². The van der Waals surface area contributed by atoms with E-state index in [0.29, 0.717) is 10.8 Å². The van der Waals surface area contributed by atoms with Gasteiger partial charge in [-0.05, 0) is 18.6 Å². The second-order valence-electron chi connectivity index (χ2n) is 1.93. The van der Waals surface area contributed by atoms with Crippen LogP contribution in [0.1, 0.15) is 5.56 Å². The van der Waals surface area contributed by atoms with E-state index in [1.807, 2.05) is 12.1 Å². The predicted molar refractivity (Wildman–Crippen MR) is 42.5 cm³/mol. The molecule has 53 valence electrons. The Labute approximate surface area is 65.6 Å². The summed E-state index contributed by atoms with van der Waals surface area (Å²) in [5.41, 5.74) is 0.815. The van der Waals surface area contributed by atoms with Gasteiger partial charge in [0.2, 0.25) is 0 Å². The maximum Gasteiger partial charge on any atom is 0.140 e. The minimum atomic E-state index is 0.606. The van der Waals surface area contributed by atoms with Gasteiger partial charge in [0.15, 0.2) is 0 Å². The summed E-state index contributed by atoms with van der Waals surface area (Å²) in [5, 5.41) is 0.606. The van der Waals surface area contributed by atoms with Gasteiger partial charge in [0.05, 0.1) is 12.1 Å². The first-order chi connectivity index (χ1) is 4.75. The van der Waals surface area contributed by atoms with Crippen LogP contribution in [0.4, 0.5) is 0 Å². The summed E-state index contributed by atoms with van der Waals surface area (Å²) < 4.78 is 4.98. The summed E-state index contributed by atoms with van der Waals surface area (Å²) in [6, 6.07) is 5.47. The summed E-state index contributed by atoms with van der Waals surface area (Å²) in [7, 11) is 1.58. The van der Waals surface area contributed by atoms with Crippen LogP contribution >= 0.6 is 11.6 Å². The smallest absolute Gasteiger partial charge is 0.140 e.